The number of carboxylic acid groups (broad SMARTS) is 4. The van der Waals surface area contributed by atoms with Gasteiger partial charge in [-0.05, 0) is 52.4 Å². The minimum atomic E-state index is -1.17. The lowest BCUT2D eigenvalue weighted by atomic mass is 9.52. The summed E-state index contributed by atoms with van der Waals surface area (Å²) in [5.41, 5.74) is -0.360. The third-order valence-electron chi connectivity index (χ3n) is 9.41. The number of rotatable bonds is 18. The average Bonchev–Trinajstić information content (AvgIpc) is 2.93. The van der Waals surface area contributed by atoms with Gasteiger partial charge in [0, 0.05) is 0 Å². The van der Waals surface area contributed by atoms with Crippen LogP contribution in [0.4, 0.5) is 0 Å². The lowest BCUT2D eigenvalue weighted by Gasteiger charge is -2.48. The van der Waals surface area contributed by atoms with Crippen LogP contribution in [0.1, 0.15) is 143 Å². The third-order valence-corrected chi connectivity index (χ3v) is 9.41. The van der Waals surface area contributed by atoms with Gasteiger partial charge >= 0.3 is 23.9 Å². The van der Waals surface area contributed by atoms with E-state index in [4.69, 9.17) is 10.2 Å². The highest BCUT2D eigenvalue weighted by molar-refractivity contribution is 5.87. The molecule has 8 heteroatoms. The predicted octanol–water partition coefficient (Wildman–Crippen LogP) is 8.50. The highest BCUT2D eigenvalue weighted by Gasteiger charge is 2.61. The van der Waals surface area contributed by atoms with Crippen LogP contribution in [0.2, 0.25) is 0 Å². The Kier molecular flexibility index (Phi) is 16.7. The summed E-state index contributed by atoms with van der Waals surface area (Å²) < 4.78 is 0. The Morgan fingerprint density at radius 2 is 1.10 bits per heavy atom. The molecule has 0 aromatic carbocycles. The van der Waals surface area contributed by atoms with Crippen LogP contribution in [-0.4, -0.2) is 44.3 Å². The summed E-state index contributed by atoms with van der Waals surface area (Å²) in [6, 6.07) is 0. The molecule has 0 aromatic heterocycles. The van der Waals surface area contributed by atoms with E-state index in [0.29, 0.717) is 38.5 Å². The van der Waals surface area contributed by atoms with Gasteiger partial charge in [0.25, 0.3) is 0 Å². The van der Waals surface area contributed by atoms with Gasteiger partial charge in [-0.1, -0.05) is 114 Å². The van der Waals surface area contributed by atoms with E-state index in [1.807, 2.05) is 19.9 Å². The van der Waals surface area contributed by atoms with Crippen molar-refractivity contribution in [1.82, 2.24) is 0 Å². The Balaban J connectivity index is 0.000000563. The molecule has 2 rings (SSSR count). The first kappa shape index (κ1) is 37.4. The first-order valence-corrected chi connectivity index (χ1v) is 16.1. The number of allylic oxidation sites excluding steroid dienone is 4. The minimum Gasteiger partial charge on any atom is -0.481 e. The van der Waals surface area contributed by atoms with Crippen molar-refractivity contribution in [2.75, 3.05) is 0 Å². The van der Waals surface area contributed by atoms with Crippen LogP contribution in [0.3, 0.4) is 0 Å². The van der Waals surface area contributed by atoms with Crippen molar-refractivity contribution in [3.05, 3.63) is 23.3 Å². The Labute approximate surface area is 252 Å². The lowest BCUT2D eigenvalue weighted by Crippen LogP contribution is -2.54. The summed E-state index contributed by atoms with van der Waals surface area (Å²) in [6.45, 7) is 8.14. The zero-order valence-electron chi connectivity index (χ0n) is 26.5. The normalized spacial score (nSPS) is 25.4. The van der Waals surface area contributed by atoms with Crippen LogP contribution in [0, 0.1) is 22.7 Å². The van der Waals surface area contributed by atoms with Crippen molar-refractivity contribution in [3.63, 3.8) is 0 Å². The van der Waals surface area contributed by atoms with Gasteiger partial charge in [-0.25, -0.2) is 0 Å². The fraction of sp³-hybridized carbons (Fsp3) is 0.765. The highest BCUT2D eigenvalue weighted by Crippen LogP contribution is 2.56. The number of hydrogen-bond donors (Lipinski definition) is 4. The number of carbonyl (C=O) groups is 4. The van der Waals surface area contributed by atoms with Crippen LogP contribution in [0.25, 0.3) is 0 Å². The zero-order valence-corrected chi connectivity index (χ0v) is 26.5. The molecule has 240 valence electrons. The maximum absolute atomic E-state index is 12.6. The third kappa shape index (κ3) is 10.6. The molecule has 0 aliphatic heterocycles. The Bertz CT molecular complexity index is 951. The van der Waals surface area contributed by atoms with E-state index in [1.54, 1.807) is 6.08 Å². The molecule has 0 spiro atoms. The van der Waals surface area contributed by atoms with Crippen molar-refractivity contribution in [2.45, 2.75) is 143 Å². The van der Waals surface area contributed by atoms with E-state index >= 15 is 0 Å². The van der Waals surface area contributed by atoms with Crippen LogP contribution in [-0.2, 0) is 19.2 Å². The van der Waals surface area contributed by atoms with Gasteiger partial charge in [0.05, 0.1) is 22.7 Å². The quantitative estimate of drug-likeness (QED) is 0.0914. The first-order chi connectivity index (χ1) is 19.9. The van der Waals surface area contributed by atoms with Crippen LogP contribution in [0.5, 0.6) is 0 Å². The fourth-order valence-corrected chi connectivity index (χ4v) is 6.73. The van der Waals surface area contributed by atoms with Gasteiger partial charge < -0.3 is 20.4 Å². The standard InChI is InChI=1S/C25H44O4.C9H12O4/c1-4-6-8-10-12-14-17-24(22(26)27)19-16-21(3)20-25(24,23(28)29)18-15-13-11-9-7-5-2;1-5-2-3-6(8(10)11)7(4-5)9(12)13/h16H,4-15,17-20H2,1-3H3,(H,26,27)(H,28,29);2,6-7H,3-4H2,1H3,(H,10,11)(H,12,13). The fourth-order valence-electron chi connectivity index (χ4n) is 6.73. The van der Waals surface area contributed by atoms with Gasteiger partial charge in [0.15, 0.2) is 0 Å². The molecule has 0 amide bonds. The van der Waals surface area contributed by atoms with Crippen LogP contribution in [0.15, 0.2) is 23.3 Å². The number of carboxylic acids is 4. The SMILES string of the molecule is CC1=CCC(C(=O)O)C(C(=O)O)C1.CCCCCCCCC1(C(=O)O)CC=C(C)CC1(CCCCCCCC)C(=O)O. The molecule has 0 fully saturated rings. The summed E-state index contributed by atoms with van der Waals surface area (Å²) in [4.78, 5) is 46.5. The molecule has 0 saturated carbocycles. The summed E-state index contributed by atoms with van der Waals surface area (Å²) in [7, 11) is 0. The second-order valence-corrected chi connectivity index (χ2v) is 12.6. The number of unbranched alkanes of at least 4 members (excludes halogenated alkanes) is 10. The molecule has 0 heterocycles. The van der Waals surface area contributed by atoms with E-state index < -0.39 is 46.5 Å². The Morgan fingerprint density at radius 1 is 0.643 bits per heavy atom. The Morgan fingerprint density at radius 3 is 1.55 bits per heavy atom. The molecule has 4 N–H and O–H groups in total. The molecule has 0 aromatic rings. The van der Waals surface area contributed by atoms with Crippen molar-refractivity contribution < 1.29 is 39.6 Å². The summed E-state index contributed by atoms with van der Waals surface area (Å²) >= 11 is 0. The Hall–Kier alpha value is -2.64. The molecule has 0 radical (unpaired) electrons. The van der Waals surface area contributed by atoms with E-state index in [2.05, 4.69) is 13.8 Å². The van der Waals surface area contributed by atoms with E-state index in [0.717, 1.165) is 49.7 Å². The largest absolute Gasteiger partial charge is 0.481 e. The van der Waals surface area contributed by atoms with Crippen molar-refractivity contribution in [1.29, 1.82) is 0 Å². The van der Waals surface area contributed by atoms with Gasteiger partial charge in [-0.15, -0.1) is 0 Å². The molecule has 2 aliphatic rings. The van der Waals surface area contributed by atoms with Crippen molar-refractivity contribution in [2.24, 2.45) is 22.7 Å². The second-order valence-electron chi connectivity index (χ2n) is 12.6. The average molecular weight is 593 g/mol. The monoisotopic (exact) mass is 592 g/mol. The molecule has 0 saturated heterocycles. The molecular weight excluding hydrogens is 536 g/mol. The van der Waals surface area contributed by atoms with Gasteiger partial charge in [-0.2, -0.15) is 0 Å². The van der Waals surface area contributed by atoms with Gasteiger partial charge in [0.1, 0.15) is 0 Å². The first-order valence-electron chi connectivity index (χ1n) is 16.1. The second kappa shape index (κ2) is 18.8. The summed E-state index contributed by atoms with van der Waals surface area (Å²) in [6.07, 6.45) is 19.1. The van der Waals surface area contributed by atoms with E-state index in [1.165, 1.54) is 38.5 Å². The van der Waals surface area contributed by atoms with Crippen molar-refractivity contribution in [3.8, 4) is 0 Å². The lowest BCUT2D eigenvalue weighted by molar-refractivity contribution is -0.177. The zero-order chi connectivity index (χ0) is 31.8. The molecule has 8 nitrogen and oxygen atoms in total. The van der Waals surface area contributed by atoms with E-state index in [9.17, 15) is 29.4 Å². The molecular formula is C34H56O8. The maximum Gasteiger partial charge on any atom is 0.311 e. The molecule has 42 heavy (non-hydrogen) atoms. The topological polar surface area (TPSA) is 149 Å². The molecule has 2 aliphatic carbocycles. The molecule has 4 unspecified atom stereocenters. The summed E-state index contributed by atoms with van der Waals surface area (Å²) in [5, 5.41) is 38.1. The smallest absolute Gasteiger partial charge is 0.311 e. The molecule has 4 atom stereocenters. The highest BCUT2D eigenvalue weighted by atomic mass is 16.4. The van der Waals surface area contributed by atoms with Crippen LogP contribution >= 0.6 is 0 Å². The van der Waals surface area contributed by atoms with Gasteiger partial charge in [0.2, 0.25) is 0 Å². The van der Waals surface area contributed by atoms with E-state index in [-0.39, 0.29) is 0 Å². The molecule has 0 bridgehead atoms. The predicted molar refractivity (Wildman–Crippen MR) is 164 cm³/mol. The minimum absolute atomic E-state index is 0.331. The maximum atomic E-state index is 12.6. The van der Waals surface area contributed by atoms with Crippen molar-refractivity contribution >= 4 is 23.9 Å². The number of aliphatic carboxylic acids is 4. The van der Waals surface area contributed by atoms with Gasteiger partial charge in [-0.3, -0.25) is 19.2 Å². The van der Waals surface area contributed by atoms with Crippen LogP contribution < -0.4 is 0 Å². The summed E-state index contributed by atoms with van der Waals surface area (Å²) in [5.74, 6) is -5.38. The number of hydrogen-bond acceptors (Lipinski definition) is 4.